The minimum atomic E-state index is -0.514. The highest BCUT2D eigenvalue weighted by Crippen LogP contribution is 2.33. The van der Waals surface area contributed by atoms with Gasteiger partial charge in [-0.15, -0.1) is 0 Å². The van der Waals surface area contributed by atoms with Gasteiger partial charge in [0.05, 0.1) is 16.1 Å². The van der Waals surface area contributed by atoms with Crippen molar-refractivity contribution in [1.82, 2.24) is 5.43 Å². The summed E-state index contributed by atoms with van der Waals surface area (Å²) in [6.45, 7) is 0.289. The molecule has 0 spiro atoms. The van der Waals surface area contributed by atoms with Gasteiger partial charge in [-0.1, -0.05) is 29.3 Å². The van der Waals surface area contributed by atoms with Gasteiger partial charge < -0.3 is 9.47 Å². The molecule has 1 heterocycles. The average molecular weight is 305 g/mol. The lowest BCUT2D eigenvalue weighted by molar-refractivity contribution is -0.132. The van der Waals surface area contributed by atoms with E-state index in [-0.39, 0.29) is 18.6 Å². The first-order valence-corrected chi connectivity index (χ1v) is 6.60. The number of halogens is 2. The lowest BCUT2D eigenvalue weighted by Gasteiger charge is -2.15. The molecule has 1 fully saturated rings. The number of nitrogens with two attached hydrogens (primary N) is 1. The van der Waals surface area contributed by atoms with E-state index in [1.807, 2.05) is 0 Å². The first-order valence-electron chi connectivity index (χ1n) is 5.84. The second kappa shape index (κ2) is 6.43. The molecule has 0 aliphatic carbocycles. The zero-order valence-corrected chi connectivity index (χ0v) is 11.6. The highest BCUT2D eigenvalue weighted by molar-refractivity contribution is 6.37. The lowest BCUT2D eigenvalue weighted by atomic mass is 10.2. The molecule has 1 amide bonds. The molecule has 1 aliphatic heterocycles. The van der Waals surface area contributed by atoms with E-state index in [2.05, 4.69) is 5.43 Å². The second-order valence-corrected chi connectivity index (χ2v) is 5.01. The molecular formula is C12H14Cl2N2O3. The number of benzene rings is 1. The van der Waals surface area contributed by atoms with Gasteiger partial charge in [0.15, 0.2) is 5.75 Å². The highest BCUT2D eigenvalue weighted by Gasteiger charge is 2.30. The normalized spacial score (nSPS) is 22.3. The van der Waals surface area contributed by atoms with Crippen LogP contribution in [0.25, 0.3) is 0 Å². The van der Waals surface area contributed by atoms with Crippen LogP contribution in [0.15, 0.2) is 18.2 Å². The summed E-state index contributed by atoms with van der Waals surface area (Å²) in [5.74, 6) is 5.17. The number of ether oxygens (including phenoxy) is 2. The van der Waals surface area contributed by atoms with Crippen LogP contribution in [0.1, 0.15) is 12.8 Å². The topological polar surface area (TPSA) is 73.6 Å². The maximum Gasteiger partial charge on any atom is 0.263 e. The van der Waals surface area contributed by atoms with E-state index in [1.54, 1.807) is 18.2 Å². The molecule has 3 N–H and O–H groups in total. The first-order chi connectivity index (χ1) is 9.11. The van der Waals surface area contributed by atoms with Crippen LogP contribution in [-0.4, -0.2) is 24.7 Å². The van der Waals surface area contributed by atoms with Crippen molar-refractivity contribution < 1.29 is 14.3 Å². The number of rotatable bonds is 4. The van der Waals surface area contributed by atoms with Crippen LogP contribution >= 0.6 is 23.2 Å². The van der Waals surface area contributed by atoms with Gasteiger partial charge in [0.2, 0.25) is 0 Å². The maximum absolute atomic E-state index is 11.3. The fourth-order valence-electron chi connectivity index (χ4n) is 1.91. The number of carbonyl (C=O) groups excluding carboxylic acids is 1. The van der Waals surface area contributed by atoms with Gasteiger partial charge in [0.25, 0.3) is 5.91 Å². The first kappa shape index (κ1) is 14.4. The Hall–Kier alpha value is -1.01. The number of carbonyl (C=O) groups is 1. The third-order valence-corrected chi connectivity index (χ3v) is 3.47. The third kappa shape index (κ3) is 3.51. The van der Waals surface area contributed by atoms with E-state index >= 15 is 0 Å². The van der Waals surface area contributed by atoms with Crippen LogP contribution < -0.4 is 16.0 Å². The Morgan fingerprint density at radius 2 is 2.11 bits per heavy atom. The molecule has 2 unspecified atom stereocenters. The Kier molecular flexibility index (Phi) is 4.87. The largest absolute Gasteiger partial charge is 0.488 e. The molecule has 0 bridgehead atoms. The van der Waals surface area contributed by atoms with Crippen molar-refractivity contribution in [2.45, 2.75) is 25.0 Å². The van der Waals surface area contributed by atoms with Gasteiger partial charge in [-0.05, 0) is 25.0 Å². The Morgan fingerprint density at radius 3 is 2.74 bits per heavy atom. The van der Waals surface area contributed by atoms with Crippen molar-refractivity contribution >= 4 is 29.1 Å². The van der Waals surface area contributed by atoms with Gasteiger partial charge in [-0.2, -0.15) is 0 Å². The fourth-order valence-corrected chi connectivity index (χ4v) is 2.42. The summed E-state index contributed by atoms with van der Waals surface area (Å²) in [7, 11) is 0. The summed E-state index contributed by atoms with van der Waals surface area (Å²) >= 11 is 12.0. The molecule has 104 valence electrons. The molecular weight excluding hydrogens is 291 g/mol. The summed E-state index contributed by atoms with van der Waals surface area (Å²) in [4.78, 5) is 11.3. The van der Waals surface area contributed by atoms with Crippen LogP contribution in [0.5, 0.6) is 5.75 Å². The summed E-state index contributed by atoms with van der Waals surface area (Å²) in [6.07, 6.45) is 0.656. The van der Waals surface area contributed by atoms with E-state index in [0.29, 0.717) is 22.2 Å². The molecule has 2 rings (SSSR count). The molecule has 1 saturated heterocycles. The van der Waals surface area contributed by atoms with Crippen molar-refractivity contribution in [1.29, 1.82) is 0 Å². The molecule has 5 nitrogen and oxygen atoms in total. The number of hydrogen-bond acceptors (Lipinski definition) is 4. The molecule has 0 radical (unpaired) electrons. The van der Waals surface area contributed by atoms with Crippen molar-refractivity contribution in [3.05, 3.63) is 28.2 Å². The molecule has 1 aromatic rings. The van der Waals surface area contributed by atoms with Crippen LogP contribution in [-0.2, 0) is 9.53 Å². The minimum absolute atomic E-state index is 0.172. The number of nitrogens with one attached hydrogen (secondary N) is 1. The lowest BCUT2D eigenvalue weighted by Crippen LogP contribution is -2.39. The van der Waals surface area contributed by atoms with Crippen molar-refractivity contribution in [3.63, 3.8) is 0 Å². The van der Waals surface area contributed by atoms with Crippen molar-refractivity contribution in [2.24, 2.45) is 5.84 Å². The number of hydrogen-bond donors (Lipinski definition) is 2. The minimum Gasteiger partial charge on any atom is -0.488 e. The summed E-state index contributed by atoms with van der Waals surface area (Å²) in [5, 5.41) is 0.892. The molecule has 2 atom stereocenters. The zero-order valence-electron chi connectivity index (χ0n) is 10.1. The Bertz CT molecular complexity index is 450. The van der Waals surface area contributed by atoms with Gasteiger partial charge in [-0.3, -0.25) is 10.2 Å². The third-order valence-electron chi connectivity index (χ3n) is 2.87. The SMILES string of the molecule is NNC(=O)C1CCC(COc2c(Cl)cccc2Cl)O1. The molecule has 19 heavy (non-hydrogen) atoms. The summed E-state index contributed by atoms with van der Waals surface area (Å²) in [5.41, 5.74) is 2.07. The molecule has 1 aromatic carbocycles. The standard InChI is InChI=1S/C12H14Cl2N2O3/c13-8-2-1-3-9(14)11(8)18-6-7-4-5-10(19-7)12(17)16-15/h1-3,7,10H,4-6,15H2,(H,16,17). The van der Waals surface area contributed by atoms with Crippen LogP contribution in [0.2, 0.25) is 10.0 Å². The Balaban J connectivity index is 1.89. The number of amides is 1. The van der Waals surface area contributed by atoms with Gasteiger partial charge in [0, 0.05) is 0 Å². The average Bonchev–Trinajstić information content (AvgIpc) is 2.86. The summed E-state index contributed by atoms with van der Waals surface area (Å²) < 4.78 is 11.1. The predicted octanol–water partition coefficient (Wildman–Crippen LogP) is 1.91. The van der Waals surface area contributed by atoms with E-state index in [1.165, 1.54) is 0 Å². The van der Waals surface area contributed by atoms with E-state index in [9.17, 15) is 4.79 Å². The Labute approximate surface area is 120 Å². The van der Waals surface area contributed by atoms with E-state index < -0.39 is 6.10 Å². The maximum atomic E-state index is 11.3. The van der Waals surface area contributed by atoms with Gasteiger partial charge in [-0.25, -0.2) is 5.84 Å². The quantitative estimate of drug-likeness (QED) is 0.506. The van der Waals surface area contributed by atoms with Crippen LogP contribution in [0.3, 0.4) is 0 Å². The molecule has 0 aromatic heterocycles. The molecule has 0 saturated carbocycles. The summed E-state index contributed by atoms with van der Waals surface area (Å²) in [6, 6.07) is 5.14. The van der Waals surface area contributed by atoms with Crippen molar-refractivity contribution in [2.75, 3.05) is 6.61 Å². The predicted molar refractivity (Wildman–Crippen MR) is 72.2 cm³/mol. The van der Waals surface area contributed by atoms with Crippen LogP contribution in [0, 0.1) is 0 Å². The molecule has 7 heteroatoms. The Morgan fingerprint density at radius 1 is 1.42 bits per heavy atom. The molecule has 1 aliphatic rings. The number of hydrazine groups is 1. The van der Waals surface area contributed by atoms with Gasteiger partial charge >= 0.3 is 0 Å². The van der Waals surface area contributed by atoms with Crippen LogP contribution in [0.4, 0.5) is 0 Å². The van der Waals surface area contributed by atoms with Crippen molar-refractivity contribution in [3.8, 4) is 5.75 Å². The van der Waals surface area contributed by atoms with E-state index in [0.717, 1.165) is 6.42 Å². The fraction of sp³-hybridized carbons (Fsp3) is 0.417. The number of para-hydroxylation sites is 1. The zero-order chi connectivity index (χ0) is 13.8. The smallest absolute Gasteiger partial charge is 0.263 e. The second-order valence-electron chi connectivity index (χ2n) is 4.19. The highest BCUT2D eigenvalue weighted by atomic mass is 35.5. The van der Waals surface area contributed by atoms with E-state index in [4.69, 9.17) is 38.5 Å². The van der Waals surface area contributed by atoms with Gasteiger partial charge in [0.1, 0.15) is 12.7 Å². The monoisotopic (exact) mass is 304 g/mol.